The average molecular weight is 398 g/mol. The molecule has 1 amide bonds. The Morgan fingerprint density at radius 3 is 2.73 bits per heavy atom. The Bertz CT molecular complexity index is 1290. The highest BCUT2D eigenvalue weighted by Crippen LogP contribution is 2.43. The van der Waals surface area contributed by atoms with Crippen molar-refractivity contribution in [2.75, 3.05) is 13.1 Å². The van der Waals surface area contributed by atoms with Gasteiger partial charge >= 0.3 is 0 Å². The number of carbonyl (C=O) groups excluding carboxylic acids is 1. The van der Waals surface area contributed by atoms with E-state index < -0.39 is 0 Å². The van der Waals surface area contributed by atoms with E-state index in [1.165, 1.54) is 5.69 Å². The molecule has 5 heterocycles. The molecule has 0 aliphatic carbocycles. The molecule has 3 aromatic heterocycles. The summed E-state index contributed by atoms with van der Waals surface area (Å²) in [6.07, 6.45) is 6.77. The van der Waals surface area contributed by atoms with Gasteiger partial charge in [-0.15, -0.1) is 0 Å². The van der Waals surface area contributed by atoms with E-state index in [9.17, 15) is 4.79 Å². The molecule has 7 heteroatoms. The first-order chi connectivity index (χ1) is 14.6. The minimum Gasteiger partial charge on any atom is -0.344 e. The van der Waals surface area contributed by atoms with Crippen molar-refractivity contribution in [2.24, 2.45) is 7.05 Å². The van der Waals surface area contributed by atoms with Crippen molar-refractivity contribution in [2.45, 2.75) is 24.8 Å². The summed E-state index contributed by atoms with van der Waals surface area (Å²) in [5.74, 6) is 0. The number of rotatable bonds is 3. The molecular formula is C23H22N6O. The van der Waals surface area contributed by atoms with Gasteiger partial charge in [0.2, 0.25) is 6.41 Å². The molecule has 1 spiro atoms. The molecule has 1 fully saturated rings. The van der Waals surface area contributed by atoms with Gasteiger partial charge in [-0.25, -0.2) is 0 Å². The van der Waals surface area contributed by atoms with Crippen LogP contribution in [0, 0.1) is 0 Å². The van der Waals surface area contributed by atoms with Crippen LogP contribution in [0.4, 0.5) is 0 Å². The quantitative estimate of drug-likeness (QED) is 0.498. The fourth-order valence-electron chi connectivity index (χ4n) is 5.10. The van der Waals surface area contributed by atoms with Crippen molar-refractivity contribution >= 4 is 17.3 Å². The van der Waals surface area contributed by atoms with Crippen LogP contribution in [0.15, 0.2) is 48.8 Å². The van der Waals surface area contributed by atoms with E-state index in [-0.39, 0.29) is 5.41 Å². The van der Waals surface area contributed by atoms with Crippen LogP contribution in [-0.4, -0.2) is 48.9 Å². The molecule has 0 saturated carbocycles. The molecule has 150 valence electrons. The van der Waals surface area contributed by atoms with Crippen LogP contribution in [0.2, 0.25) is 0 Å². The lowest BCUT2D eigenvalue weighted by Gasteiger charge is -2.21. The number of aryl methyl sites for hydroxylation is 2. The van der Waals surface area contributed by atoms with Gasteiger partial charge in [0.05, 0.1) is 16.9 Å². The lowest BCUT2D eigenvalue weighted by Crippen LogP contribution is -2.28. The number of pyridine rings is 1. The third kappa shape index (κ3) is 2.51. The third-order valence-electron chi connectivity index (χ3n) is 6.75. The van der Waals surface area contributed by atoms with Crippen LogP contribution in [0.1, 0.15) is 18.5 Å². The first-order valence-corrected chi connectivity index (χ1v) is 10.3. The summed E-state index contributed by atoms with van der Waals surface area (Å²) < 4.78 is 4.00. The normalized spacial score (nSPS) is 20.4. The Morgan fingerprint density at radius 1 is 1.07 bits per heavy atom. The number of amides is 1. The van der Waals surface area contributed by atoms with E-state index in [1.807, 2.05) is 35.1 Å². The van der Waals surface area contributed by atoms with Gasteiger partial charge < -0.3 is 4.90 Å². The van der Waals surface area contributed by atoms with Crippen molar-refractivity contribution < 1.29 is 4.79 Å². The summed E-state index contributed by atoms with van der Waals surface area (Å²) in [5, 5.41) is 10.2. The topological polar surface area (TPSA) is 68.8 Å². The van der Waals surface area contributed by atoms with Crippen molar-refractivity contribution in [3.63, 3.8) is 0 Å². The van der Waals surface area contributed by atoms with Gasteiger partial charge in [0.1, 0.15) is 0 Å². The maximum Gasteiger partial charge on any atom is 0.209 e. The van der Waals surface area contributed by atoms with Crippen LogP contribution in [0.3, 0.4) is 0 Å². The predicted octanol–water partition coefficient (Wildman–Crippen LogP) is 3.00. The van der Waals surface area contributed by atoms with Gasteiger partial charge in [-0.3, -0.25) is 19.1 Å². The molecule has 0 bridgehead atoms. The molecule has 1 saturated heterocycles. The van der Waals surface area contributed by atoms with E-state index in [1.54, 1.807) is 0 Å². The number of nitrogens with zero attached hydrogens (tertiary/aromatic N) is 6. The molecule has 2 aliphatic rings. The number of hydrogen-bond acceptors (Lipinski definition) is 4. The average Bonchev–Trinajstić information content (AvgIpc) is 3.53. The van der Waals surface area contributed by atoms with Crippen LogP contribution >= 0.6 is 0 Å². The maximum absolute atomic E-state index is 11.2. The van der Waals surface area contributed by atoms with E-state index in [2.05, 4.69) is 45.1 Å². The second-order valence-electron chi connectivity index (χ2n) is 8.47. The molecule has 6 rings (SSSR count). The highest BCUT2D eigenvalue weighted by molar-refractivity contribution is 5.87. The first kappa shape index (κ1) is 17.4. The number of benzene rings is 1. The second kappa shape index (κ2) is 6.26. The van der Waals surface area contributed by atoms with Gasteiger partial charge in [-0.2, -0.15) is 10.2 Å². The Kier molecular flexibility index (Phi) is 3.63. The maximum atomic E-state index is 11.2. The fourth-order valence-corrected chi connectivity index (χ4v) is 5.10. The highest BCUT2D eigenvalue weighted by Gasteiger charge is 2.45. The number of likely N-dealkylation sites (tertiary alicyclic amines) is 1. The van der Waals surface area contributed by atoms with E-state index in [0.717, 1.165) is 72.3 Å². The van der Waals surface area contributed by atoms with Crippen molar-refractivity contribution in [3.8, 4) is 22.5 Å². The Labute approximate surface area is 173 Å². The summed E-state index contributed by atoms with van der Waals surface area (Å²) in [4.78, 5) is 17.8. The predicted molar refractivity (Wildman–Crippen MR) is 114 cm³/mol. The lowest BCUT2D eigenvalue weighted by atomic mass is 9.82. The van der Waals surface area contributed by atoms with Gasteiger partial charge in [0.15, 0.2) is 0 Å². The fraction of sp³-hybridized carbons (Fsp3) is 0.304. The van der Waals surface area contributed by atoms with Crippen molar-refractivity contribution in [1.82, 2.24) is 29.4 Å². The van der Waals surface area contributed by atoms with Crippen molar-refractivity contribution in [1.29, 1.82) is 0 Å². The molecule has 1 unspecified atom stereocenters. The molecule has 4 aromatic rings. The largest absolute Gasteiger partial charge is 0.344 e. The summed E-state index contributed by atoms with van der Waals surface area (Å²) >= 11 is 0. The minimum absolute atomic E-state index is 0.0587. The summed E-state index contributed by atoms with van der Waals surface area (Å²) in [7, 11) is 1.95. The molecule has 0 radical (unpaired) electrons. The number of hydrogen-bond donors (Lipinski definition) is 0. The Balaban J connectivity index is 1.39. The van der Waals surface area contributed by atoms with Gasteiger partial charge in [-0.1, -0.05) is 6.07 Å². The summed E-state index contributed by atoms with van der Waals surface area (Å²) in [5.41, 5.74) is 6.44. The molecule has 1 atom stereocenters. The SMILES string of the molecule is Cn1nccc1-c1ccc2ncc(-c3cc4n(n3)CCC43CCN(C=O)C3)cc2c1. The van der Waals surface area contributed by atoms with Crippen molar-refractivity contribution in [3.05, 3.63) is 54.5 Å². The minimum atomic E-state index is 0.0587. The zero-order chi connectivity index (χ0) is 20.3. The zero-order valence-electron chi connectivity index (χ0n) is 16.8. The first-order valence-electron chi connectivity index (χ1n) is 10.3. The van der Waals surface area contributed by atoms with Gasteiger partial charge in [0.25, 0.3) is 0 Å². The third-order valence-corrected chi connectivity index (χ3v) is 6.75. The second-order valence-corrected chi connectivity index (χ2v) is 8.47. The standard InChI is InChI=1S/C23H22N6O/c1-27-21(4-7-25-27)16-2-3-19-17(10-16)11-18(13-24-19)20-12-22-23(6-9-29(22)26-20)5-8-28(14-23)15-30/h2-4,7,10-13,15H,5-6,8-9,14H2,1H3. The molecule has 30 heavy (non-hydrogen) atoms. The molecule has 1 aromatic carbocycles. The van der Waals surface area contributed by atoms with E-state index in [0.29, 0.717) is 0 Å². The smallest absolute Gasteiger partial charge is 0.209 e. The molecular weight excluding hydrogens is 376 g/mol. The Morgan fingerprint density at radius 2 is 1.93 bits per heavy atom. The van der Waals surface area contributed by atoms with E-state index >= 15 is 0 Å². The summed E-state index contributed by atoms with van der Waals surface area (Å²) in [6.45, 7) is 2.54. The van der Waals surface area contributed by atoms with Crippen LogP contribution in [0.25, 0.3) is 33.4 Å². The van der Waals surface area contributed by atoms with Gasteiger partial charge in [-0.05, 0) is 43.2 Å². The van der Waals surface area contributed by atoms with Gasteiger partial charge in [0, 0.05) is 66.7 Å². The Hall–Kier alpha value is -3.48. The molecule has 7 nitrogen and oxygen atoms in total. The monoisotopic (exact) mass is 398 g/mol. The summed E-state index contributed by atoms with van der Waals surface area (Å²) in [6, 6.07) is 12.7. The van der Waals surface area contributed by atoms with Crippen LogP contribution in [-0.2, 0) is 23.8 Å². The van der Waals surface area contributed by atoms with Crippen LogP contribution in [0.5, 0.6) is 0 Å². The number of fused-ring (bicyclic) bond motifs is 3. The molecule has 0 N–H and O–H groups in total. The number of aromatic nitrogens is 5. The number of carbonyl (C=O) groups is 1. The highest BCUT2D eigenvalue weighted by atomic mass is 16.1. The lowest BCUT2D eigenvalue weighted by molar-refractivity contribution is -0.117. The van der Waals surface area contributed by atoms with E-state index in [4.69, 9.17) is 5.10 Å². The molecule has 2 aliphatic heterocycles. The van der Waals surface area contributed by atoms with Crippen LogP contribution < -0.4 is 0 Å². The zero-order valence-corrected chi connectivity index (χ0v) is 16.8.